The zero-order valence-corrected chi connectivity index (χ0v) is 8.01. The van der Waals surface area contributed by atoms with Gasteiger partial charge >= 0.3 is 6.18 Å². The summed E-state index contributed by atoms with van der Waals surface area (Å²) in [4.78, 5) is 3.69. The lowest BCUT2D eigenvalue weighted by Gasteiger charge is -2.07. The predicted molar refractivity (Wildman–Crippen MR) is 50.0 cm³/mol. The maximum atomic E-state index is 12.2. The molecule has 15 heavy (non-hydrogen) atoms. The van der Waals surface area contributed by atoms with Gasteiger partial charge in [-0.05, 0) is 12.1 Å². The van der Waals surface area contributed by atoms with Crippen LogP contribution in [0.3, 0.4) is 0 Å². The molecule has 1 rings (SSSR count). The number of alkyl halides is 3. The molecule has 0 saturated heterocycles. The second kappa shape index (κ2) is 5.09. The largest absolute Gasteiger partial charge is 0.417 e. The van der Waals surface area contributed by atoms with Crippen molar-refractivity contribution in [3.8, 4) is 0 Å². The summed E-state index contributed by atoms with van der Waals surface area (Å²) in [5.74, 6) is 0. The third-order valence-electron chi connectivity index (χ3n) is 1.78. The molecule has 1 aromatic rings. The zero-order valence-electron chi connectivity index (χ0n) is 8.01. The Kier molecular flexibility index (Phi) is 4.05. The molecule has 84 valence electrons. The lowest BCUT2D eigenvalue weighted by Crippen LogP contribution is -2.22. The van der Waals surface area contributed by atoms with E-state index in [0.717, 1.165) is 12.3 Å². The first-order valence-electron chi connectivity index (χ1n) is 4.47. The summed E-state index contributed by atoms with van der Waals surface area (Å²) in [6.07, 6.45) is -3.49. The van der Waals surface area contributed by atoms with Crippen LogP contribution in [0.4, 0.5) is 13.2 Å². The van der Waals surface area contributed by atoms with Crippen molar-refractivity contribution in [3.63, 3.8) is 0 Å². The standard InChI is InChI=1S/C9H12F3N3/c10-9(11,12)7-1-2-8(15-5-7)6-14-4-3-13/h1-2,5,14H,3-4,6,13H2. The molecule has 6 heteroatoms. The highest BCUT2D eigenvalue weighted by Gasteiger charge is 2.30. The van der Waals surface area contributed by atoms with Crippen LogP contribution in [-0.2, 0) is 12.7 Å². The van der Waals surface area contributed by atoms with Crippen LogP contribution in [0.5, 0.6) is 0 Å². The van der Waals surface area contributed by atoms with Gasteiger partial charge in [0.1, 0.15) is 0 Å². The van der Waals surface area contributed by atoms with Gasteiger partial charge in [0.2, 0.25) is 0 Å². The Morgan fingerprint density at radius 1 is 1.33 bits per heavy atom. The second-order valence-corrected chi connectivity index (χ2v) is 3.00. The zero-order chi connectivity index (χ0) is 11.3. The highest BCUT2D eigenvalue weighted by molar-refractivity contribution is 5.16. The summed E-state index contributed by atoms with van der Waals surface area (Å²) >= 11 is 0. The summed E-state index contributed by atoms with van der Waals surface area (Å²) in [5, 5.41) is 2.94. The first-order valence-corrected chi connectivity index (χ1v) is 4.47. The number of hydrogen-bond acceptors (Lipinski definition) is 3. The minimum atomic E-state index is -4.32. The van der Waals surface area contributed by atoms with E-state index >= 15 is 0 Å². The van der Waals surface area contributed by atoms with E-state index in [-0.39, 0.29) is 0 Å². The van der Waals surface area contributed by atoms with Crippen LogP contribution in [0.1, 0.15) is 11.3 Å². The van der Waals surface area contributed by atoms with E-state index in [1.807, 2.05) is 0 Å². The molecule has 0 unspecified atom stereocenters. The predicted octanol–water partition coefficient (Wildman–Crippen LogP) is 1.15. The topological polar surface area (TPSA) is 50.9 Å². The van der Waals surface area contributed by atoms with E-state index in [9.17, 15) is 13.2 Å². The third kappa shape index (κ3) is 3.85. The molecule has 0 saturated carbocycles. The highest BCUT2D eigenvalue weighted by Crippen LogP contribution is 2.28. The quantitative estimate of drug-likeness (QED) is 0.747. The molecule has 3 nitrogen and oxygen atoms in total. The number of nitrogens with one attached hydrogen (secondary N) is 1. The molecule has 3 N–H and O–H groups in total. The molecular weight excluding hydrogens is 207 g/mol. The van der Waals surface area contributed by atoms with Crippen molar-refractivity contribution in [2.45, 2.75) is 12.7 Å². The smallest absolute Gasteiger partial charge is 0.329 e. The molecule has 0 radical (unpaired) electrons. The maximum absolute atomic E-state index is 12.2. The number of rotatable bonds is 4. The van der Waals surface area contributed by atoms with Crippen molar-refractivity contribution in [1.29, 1.82) is 0 Å². The summed E-state index contributed by atoms with van der Waals surface area (Å²) < 4.78 is 36.5. The van der Waals surface area contributed by atoms with Crippen molar-refractivity contribution in [3.05, 3.63) is 29.6 Å². The summed E-state index contributed by atoms with van der Waals surface area (Å²) in [6, 6.07) is 2.37. The van der Waals surface area contributed by atoms with Crippen molar-refractivity contribution < 1.29 is 13.2 Å². The molecule has 0 aromatic carbocycles. The average Bonchev–Trinajstić information content (AvgIpc) is 2.18. The van der Waals surface area contributed by atoms with Crippen LogP contribution in [0.25, 0.3) is 0 Å². The maximum Gasteiger partial charge on any atom is 0.417 e. The summed E-state index contributed by atoms with van der Waals surface area (Å²) in [5.41, 5.74) is 5.08. The number of nitrogens with zero attached hydrogens (tertiary/aromatic N) is 1. The SMILES string of the molecule is NCCNCc1ccc(C(F)(F)F)cn1. The number of nitrogens with two attached hydrogens (primary N) is 1. The van der Waals surface area contributed by atoms with Crippen molar-refractivity contribution in [2.75, 3.05) is 13.1 Å². The van der Waals surface area contributed by atoms with Crippen molar-refractivity contribution in [1.82, 2.24) is 10.3 Å². The molecule has 0 fully saturated rings. The number of halogens is 3. The van der Waals surface area contributed by atoms with E-state index in [0.29, 0.717) is 25.3 Å². The molecule has 0 aliphatic rings. The average molecular weight is 219 g/mol. The Bertz CT molecular complexity index is 294. The van der Waals surface area contributed by atoms with Gasteiger partial charge in [0.05, 0.1) is 11.3 Å². The normalized spacial score (nSPS) is 11.7. The van der Waals surface area contributed by atoms with Gasteiger partial charge in [0, 0.05) is 25.8 Å². The lowest BCUT2D eigenvalue weighted by molar-refractivity contribution is -0.137. The van der Waals surface area contributed by atoms with E-state index in [4.69, 9.17) is 5.73 Å². The molecule has 0 bridgehead atoms. The molecule has 0 aliphatic heterocycles. The van der Waals surface area contributed by atoms with Crippen LogP contribution in [0.2, 0.25) is 0 Å². The third-order valence-corrected chi connectivity index (χ3v) is 1.78. The van der Waals surface area contributed by atoms with Gasteiger partial charge in [-0.3, -0.25) is 4.98 Å². The Morgan fingerprint density at radius 3 is 2.53 bits per heavy atom. The fourth-order valence-corrected chi connectivity index (χ4v) is 1.02. The number of aromatic nitrogens is 1. The van der Waals surface area contributed by atoms with Crippen molar-refractivity contribution >= 4 is 0 Å². The van der Waals surface area contributed by atoms with Crippen molar-refractivity contribution in [2.24, 2.45) is 5.73 Å². The van der Waals surface area contributed by atoms with Crippen LogP contribution in [0.15, 0.2) is 18.3 Å². The fourth-order valence-electron chi connectivity index (χ4n) is 1.02. The molecule has 1 heterocycles. The van der Waals surface area contributed by atoms with Gasteiger partial charge in [0.25, 0.3) is 0 Å². The highest BCUT2D eigenvalue weighted by atomic mass is 19.4. The molecule has 0 atom stereocenters. The molecule has 0 spiro atoms. The Hall–Kier alpha value is -1.14. The Morgan fingerprint density at radius 2 is 2.07 bits per heavy atom. The van der Waals surface area contributed by atoms with E-state index in [2.05, 4.69) is 10.3 Å². The van der Waals surface area contributed by atoms with Gasteiger partial charge in [-0.25, -0.2) is 0 Å². The summed E-state index contributed by atoms with van der Waals surface area (Å²) in [7, 11) is 0. The first-order chi connectivity index (χ1) is 7.04. The Balaban J connectivity index is 2.57. The molecule has 0 aliphatic carbocycles. The minimum absolute atomic E-state index is 0.426. The monoisotopic (exact) mass is 219 g/mol. The van der Waals surface area contributed by atoms with E-state index < -0.39 is 11.7 Å². The van der Waals surface area contributed by atoms with Crippen LogP contribution >= 0.6 is 0 Å². The van der Waals surface area contributed by atoms with Gasteiger partial charge in [-0.1, -0.05) is 0 Å². The van der Waals surface area contributed by atoms with Gasteiger partial charge in [-0.15, -0.1) is 0 Å². The van der Waals surface area contributed by atoms with Crippen LogP contribution in [0, 0.1) is 0 Å². The Labute approximate surface area is 85.5 Å². The first kappa shape index (κ1) is 11.9. The van der Waals surface area contributed by atoms with Gasteiger partial charge < -0.3 is 11.1 Å². The van der Waals surface area contributed by atoms with Crippen LogP contribution in [-0.4, -0.2) is 18.1 Å². The van der Waals surface area contributed by atoms with Gasteiger partial charge in [-0.2, -0.15) is 13.2 Å². The van der Waals surface area contributed by atoms with E-state index in [1.165, 1.54) is 6.07 Å². The van der Waals surface area contributed by atoms with E-state index in [1.54, 1.807) is 0 Å². The van der Waals surface area contributed by atoms with Crippen LogP contribution < -0.4 is 11.1 Å². The number of hydrogen-bond donors (Lipinski definition) is 2. The lowest BCUT2D eigenvalue weighted by atomic mass is 10.2. The van der Waals surface area contributed by atoms with Gasteiger partial charge in [0.15, 0.2) is 0 Å². The fraction of sp³-hybridized carbons (Fsp3) is 0.444. The second-order valence-electron chi connectivity index (χ2n) is 3.00. The molecule has 1 aromatic heterocycles. The molecule has 0 amide bonds. The summed E-state index contributed by atoms with van der Waals surface area (Å²) in [6.45, 7) is 1.53. The molecular formula is C9H12F3N3. The number of pyridine rings is 1. The minimum Gasteiger partial charge on any atom is -0.329 e.